The van der Waals surface area contributed by atoms with Gasteiger partial charge in [0.25, 0.3) is 0 Å². The molecule has 0 heterocycles. The molecule has 3 rings (SSSR count). The highest BCUT2D eigenvalue weighted by Crippen LogP contribution is 2.44. The van der Waals surface area contributed by atoms with E-state index in [0.717, 1.165) is 19.4 Å². The Bertz CT molecular complexity index is 904. The molecule has 0 fully saturated rings. The molecule has 1 amide bonds. The minimum absolute atomic E-state index is 0.0756. The van der Waals surface area contributed by atoms with E-state index in [1.54, 1.807) is 0 Å². The third kappa shape index (κ3) is 12.0. The normalized spacial score (nSPS) is 12.3. The lowest BCUT2D eigenvalue weighted by Gasteiger charge is -2.14. The summed E-state index contributed by atoms with van der Waals surface area (Å²) >= 11 is 0. The Morgan fingerprint density at radius 2 is 1.10 bits per heavy atom. The van der Waals surface area contributed by atoms with E-state index in [-0.39, 0.29) is 12.0 Å². The first-order valence-corrected chi connectivity index (χ1v) is 15.6. The summed E-state index contributed by atoms with van der Waals surface area (Å²) in [4.78, 5) is 12.2. The van der Waals surface area contributed by atoms with Crippen molar-refractivity contribution in [1.82, 2.24) is 5.32 Å². The first-order valence-electron chi connectivity index (χ1n) is 15.6. The molecule has 2 aromatic carbocycles. The Kier molecular flexibility index (Phi) is 16.4. The molecule has 0 radical (unpaired) electrons. The average Bonchev–Trinajstić information content (AvgIpc) is 3.30. The maximum Gasteiger partial charge on any atom is 0.407 e. The molecule has 0 aromatic heterocycles. The van der Waals surface area contributed by atoms with Crippen molar-refractivity contribution in [3.05, 3.63) is 59.7 Å². The van der Waals surface area contributed by atoms with Crippen LogP contribution in [0.3, 0.4) is 0 Å². The number of carbonyl (C=O) groups is 1. The van der Waals surface area contributed by atoms with E-state index in [9.17, 15) is 4.79 Å². The highest BCUT2D eigenvalue weighted by atomic mass is 16.6. The van der Waals surface area contributed by atoms with E-state index >= 15 is 0 Å². The van der Waals surface area contributed by atoms with Gasteiger partial charge in [0.15, 0.2) is 0 Å². The van der Waals surface area contributed by atoms with Crippen LogP contribution in [0.25, 0.3) is 11.1 Å². The molecule has 0 spiro atoms. The number of nitrogens with one attached hydrogen (secondary N) is 1. The van der Waals surface area contributed by atoms with Crippen molar-refractivity contribution in [2.24, 2.45) is 0 Å². The summed E-state index contributed by atoms with van der Waals surface area (Å²) in [6.07, 6.45) is 13.7. The lowest BCUT2D eigenvalue weighted by Crippen LogP contribution is -2.27. The molecule has 1 aliphatic rings. The van der Waals surface area contributed by atoms with Crippen LogP contribution in [0.5, 0.6) is 0 Å². The standard InChI is InChI=1S/C34H51NO5/c1-2-3-4-5-6-7-8-9-10-15-22-37-24-26-39-27-25-38-23-16-21-35-34(36)40-28-33-31-19-13-11-17-29(31)30-18-12-14-20-32(30)33/h11-14,17-20,33H,2-10,15-16,21-28H2,1H3,(H,35,36). The number of unbranched alkanes of at least 4 members (excludes halogenated alkanes) is 9. The smallest absolute Gasteiger partial charge is 0.407 e. The Labute approximate surface area is 242 Å². The van der Waals surface area contributed by atoms with Crippen LogP contribution in [0.2, 0.25) is 0 Å². The van der Waals surface area contributed by atoms with E-state index < -0.39 is 0 Å². The van der Waals surface area contributed by atoms with Crippen LogP contribution in [0, 0.1) is 0 Å². The Balaban J connectivity index is 1.07. The van der Waals surface area contributed by atoms with Gasteiger partial charge in [-0.25, -0.2) is 4.79 Å². The molecular formula is C34H51NO5. The van der Waals surface area contributed by atoms with Gasteiger partial charge >= 0.3 is 6.09 Å². The molecule has 1 aliphatic carbocycles. The van der Waals surface area contributed by atoms with Gasteiger partial charge in [0, 0.05) is 25.7 Å². The molecule has 6 heteroatoms. The third-order valence-corrected chi connectivity index (χ3v) is 7.46. The SMILES string of the molecule is CCCCCCCCCCCCOCCOCCOCCCNC(=O)OCC1c2ccccc2-c2ccccc21. The van der Waals surface area contributed by atoms with Crippen LogP contribution in [0.15, 0.2) is 48.5 Å². The van der Waals surface area contributed by atoms with Gasteiger partial charge in [-0.15, -0.1) is 0 Å². The van der Waals surface area contributed by atoms with Crippen molar-refractivity contribution in [3.8, 4) is 11.1 Å². The second-order valence-electron chi connectivity index (χ2n) is 10.6. The zero-order valence-electron chi connectivity index (χ0n) is 24.7. The van der Waals surface area contributed by atoms with Gasteiger partial charge in [0.2, 0.25) is 0 Å². The quantitative estimate of drug-likeness (QED) is 0.142. The molecule has 0 bridgehead atoms. The fraction of sp³-hybridized carbons (Fsp3) is 0.618. The summed E-state index contributed by atoms with van der Waals surface area (Å²) in [7, 11) is 0. The van der Waals surface area contributed by atoms with E-state index in [1.807, 2.05) is 12.1 Å². The summed E-state index contributed by atoms with van der Waals surface area (Å²) in [6, 6.07) is 16.7. The zero-order valence-corrected chi connectivity index (χ0v) is 24.7. The van der Waals surface area contributed by atoms with Gasteiger partial charge in [-0.1, -0.05) is 113 Å². The van der Waals surface area contributed by atoms with Gasteiger partial charge in [0.1, 0.15) is 6.61 Å². The molecule has 40 heavy (non-hydrogen) atoms. The molecule has 0 unspecified atom stereocenters. The monoisotopic (exact) mass is 553 g/mol. The molecule has 6 nitrogen and oxygen atoms in total. The summed E-state index contributed by atoms with van der Waals surface area (Å²) in [6.45, 7) is 6.86. The van der Waals surface area contributed by atoms with Crippen LogP contribution < -0.4 is 5.32 Å². The minimum Gasteiger partial charge on any atom is -0.449 e. The van der Waals surface area contributed by atoms with Gasteiger partial charge in [-0.3, -0.25) is 0 Å². The maximum atomic E-state index is 12.2. The average molecular weight is 554 g/mol. The summed E-state index contributed by atoms with van der Waals surface area (Å²) in [5.41, 5.74) is 4.88. The van der Waals surface area contributed by atoms with Crippen molar-refractivity contribution in [3.63, 3.8) is 0 Å². The molecule has 1 N–H and O–H groups in total. The number of alkyl carbamates (subject to hydrolysis) is 1. The number of hydrogen-bond acceptors (Lipinski definition) is 5. The molecule has 222 valence electrons. The third-order valence-electron chi connectivity index (χ3n) is 7.46. The van der Waals surface area contributed by atoms with E-state index in [2.05, 4.69) is 48.6 Å². The van der Waals surface area contributed by atoms with E-state index in [0.29, 0.717) is 46.2 Å². The Morgan fingerprint density at radius 1 is 0.625 bits per heavy atom. The first kappa shape index (κ1) is 32.1. The van der Waals surface area contributed by atoms with Gasteiger partial charge in [-0.05, 0) is 35.1 Å². The van der Waals surface area contributed by atoms with E-state index in [4.69, 9.17) is 18.9 Å². The largest absolute Gasteiger partial charge is 0.449 e. The molecule has 0 atom stereocenters. The second kappa shape index (κ2) is 20.5. The van der Waals surface area contributed by atoms with Gasteiger partial charge < -0.3 is 24.3 Å². The highest BCUT2D eigenvalue weighted by molar-refractivity contribution is 5.79. The van der Waals surface area contributed by atoms with Crippen LogP contribution in [0.4, 0.5) is 4.79 Å². The topological polar surface area (TPSA) is 66.0 Å². The number of hydrogen-bond donors (Lipinski definition) is 1. The lowest BCUT2D eigenvalue weighted by molar-refractivity contribution is 0.0135. The lowest BCUT2D eigenvalue weighted by atomic mass is 9.98. The van der Waals surface area contributed by atoms with Crippen LogP contribution in [-0.4, -0.2) is 58.9 Å². The van der Waals surface area contributed by atoms with Crippen molar-refractivity contribution >= 4 is 6.09 Å². The number of fused-ring (bicyclic) bond motifs is 3. The van der Waals surface area contributed by atoms with Gasteiger partial charge in [-0.2, -0.15) is 0 Å². The molecule has 0 aliphatic heterocycles. The maximum absolute atomic E-state index is 12.2. The highest BCUT2D eigenvalue weighted by Gasteiger charge is 2.28. The fourth-order valence-electron chi connectivity index (χ4n) is 5.25. The molecule has 0 saturated carbocycles. The predicted octanol–water partition coefficient (Wildman–Crippen LogP) is 7.89. The summed E-state index contributed by atoms with van der Waals surface area (Å²) < 4.78 is 22.4. The van der Waals surface area contributed by atoms with E-state index in [1.165, 1.54) is 80.0 Å². The van der Waals surface area contributed by atoms with Crippen molar-refractivity contribution < 1.29 is 23.7 Å². The van der Waals surface area contributed by atoms with Crippen LogP contribution >= 0.6 is 0 Å². The minimum atomic E-state index is -0.386. The van der Waals surface area contributed by atoms with Gasteiger partial charge in [0.05, 0.1) is 26.4 Å². The molecular weight excluding hydrogens is 502 g/mol. The Morgan fingerprint density at radius 3 is 1.68 bits per heavy atom. The zero-order chi connectivity index (χ0) is 28.1. The number of amides is 1. The van der Waals surface area contributed by atoms with Crippen molar-refractivity contribution in [2.75, 3.05) is 52.8 Å². The molecule has 0 saturated heterocycles. The fourth-order valence-corrected chi connectivity index (χ4v) is 5.25. The molecule has 2 aromatic rings. The second-order valence-corrected chi connectivity index (χ2v) is 10.6. The number of carbonyl (C=O) groups excluding carboxylic acids is 1. The number of benzene rings is 2. The van der Waals surface area contributed by atoms with Crippen LogP contribution in [0.1, 0.15) is 94.6 Å². The number of ether oxygens (including phenoxy) is 4. The first-order chi connectivity index (χ1) is 19.8. The van der Waals surface area contributed by atoms with Crippen LogP contribution in [-0.2, 0) is 18.9 Å². The summed E-state index contributed by atoms with van der Waals surface area (Å²) in [5.74, 6) is 0.0756. The van der Waals surface area contributed by atoms with Crippen molar-refractivity contribution in [1.29, 1.82) is 0 Å². The van der Waals surface area contributed by atoms with Crippen molar-refractivity contribution in [2.45, 2.75) is 83.5 Å². The summed E-state index contributed by atoms with van der Waals surface area (Å²) in [5, 5.41) is 2.82. The Hall–Kier alpha value is -2.41. The predicted molar refractivity (Wildman–Crippen MR) is 162 cm³/mol. The number of rotatable bonds is 23.